The van der Waals surface area contributed by atoms with E-state index >= 15 is 0 Å². The van der Waals surface area contributed by atoms with Gasteiger partial charge >= 0.3 is 0 Å². The Morgan fingerprint density at radius 2 is 2.04 bits per heavy atom. The zero-order valence-corrected chi connectivity index (χ0v) is 15.6. The van der Waals surface area contributed by atoms with Gasteiger partial charge in [0.15, 0.2) is 0 Å². The van der Waals surface area contributed by atoms with Crippen molar-refractivity contribution in [2.75, 3.05) is 49.6 Å². The van der Waals surface area contributed by atoms with Gasteiger partial charge < -0.3 is 14.7 Å². The van der Waals surface area contributed by atoms with E-state index in [2.05, 4.69) is 57.1 Å². The van der Waals surface area contributed by atoms with Crippen molar-refractivity contribution in [3.8, 4) is 0 Å². The van der Waals surface area contributed by atoms with E-state index in [1.54, 1.807) is 5.56 Å². The number of benzene rings is 1. The molecule has 0 saturated carbocycles. The number of piperidine rings is 1. The monoisotopic (exact) mass is 348 g/mol. The molecule has 1 fully saturated rings. The van der Waals surface area contributed by atoms with Gasteiger partial charge in [-0.1, -0.05) is 18.2 Å². The molecule has 2 atom stereocenters. The topological polar surface area (TPSA) is 22.6 Å². The Balaban J connectivity index is 1.28. The van der Waals surface area contributed by atoms with Crippen LogP contribution in [0.5, 0.6) is 0 Å². The van der Waals surface area contributed by atoms with Gasteiger partial charge in [0.1, 0.15) is 0 Å². The highest BCUT2D eigenvalue weighted by Gasteiger charge is 2.44. The lowest BCUT2D eigenvalue weighted by Crippen LogP contribution is -2.49. The highest BCUT2D eigenvalue weighted by molar-refractivity contribution is 5.80. The molecule has 0 radical (unpaired) electrons. The highest BCUT2D eigenvalue weighted by atomic mass is 15.3. The number of rotatable bonds is 4. The van der Waals surface area contributed by atoms with Crippen LogP contribution >= 0.6 is 0 Å². The molecule has 3 aliphatic heterocycles. The number of anilines is 2. The second-order valence-electron chi connectivity index (χ2n) is 8.02. The summed E-state index contributed by atoms with van der Waals surface area (Å²) < 4.78 is 0. The van der Waals surface area contributed by atoms with E-state index in [1.165, 1.54) is 56.1 Å². The summed E-state index contributed by atoms with van der Waals surface area (Å²) in [7, 11) is 2.23. The van der Waals surface area contributed by atoms with Crippen molar-refractivity contribution in [1.29, 1.82) is 0 Å². The fourth-order valence-corrected chi connectivity index (χ4v) is 5.21. The molecule has 1 saturated heterocycles. The molecule has 0 amide bonds. The second-order valence-corrected chi connectivity index (χ2v) is 8.02. The number of hydrogen-bond donors (Lipinski definition) is 0. The van der Waals surface area contributed by atoms with E-state index in [1.807, 2.05) is 12.3 Å². The zero-order valence-electron chi connectivity index (χ0n) is 15.6. The predicted molar refractivity (Wildman–Crippen MR) is 107 cm³/mol. The molecule has 0 spiro atoms. The number of nitrogens with zero attached hydrogens (tertiary/aromatic N) is 4. The first kappa shape index (κ1) is 16.1. The lowest BCUT2D eigenvalue weighted by molar-refractivity contribution is 0.191. The normalized spacial score (nSPS) is 24.5. The summed E-state index contributed by atoms with van der Waals surface area (Å²) in [4.78, 5) is 12.3. The Hall–Kier alpha value is -2.07. The van der Waals surface area contributed by atoms with E-state index in [9.17, 15) is 0 Å². The molecule has 2 aromatic rings. The number of para-hydroxylation sites is 1. The standard InChI is InChI=1S/C22H28N4/c1-24-14-15-26-20-10-13-25(12-5-7-17-6-2-3-11-23-17)16-19(20)18-8-4-9-21(24)22(18)26/h2-4,6,8-9,11,19-20H,5,7,10,12-16H2,1H3/t19-,20-/m0/s1. The number of hydrogen-bond acceptors (Lipinski definition) is 4. The van der Waals surface area contributed by atoms with Crippen molar-refractivity contribution in [3.05, 3.63) is 53.9 Å². The summed E-state index contributed by atoms with van der Waals surface area (Å²) >= 11 is 0. The van der Waals surface area contributed by atoms with Crippen LogP contribution in [0, 0.1) is 0 Å². The number of likely N-dealkylation sites (N-methyl/N-ethyl adjacent to an activating group) is 1. The molecule has 0 bridgehead atoms. The van der Waals surface area contributed by atoms with Crippen molar-refractivity contribution >= 4 is 11.4 Å². The summed E-state index contributed by atoms with van der Waals surface area (Å²) in [5, 5.41) is 0. The molecule has 0 N–H and O–H groups in total. The van der Waals surface area contributed by atoms with Gasteiger partial charge in [0.2, 0.25) is 0 Å². The summed E-state index contributed by atoms with van der Waals surface area (Å²) in [5.41, 5.74) is 5.78. The summed E-state index contributed by atoms with van der Waals surface area (Å²) in [5.74, 6) is 0.681. The van der Waals surface area contributed by atoms with Crippen LogP contribution < -0.4 is 9.80 Å². The number of fused-ring (bicyclic) bond motifs is 3. The molecule has 1 aromatic carbocycles. The fourth-order valence-electron chi connectivity index (χ4n) is 5.21. The van der Waals surface area contributed by atoms with Crippen LogP contribution in [-0.4, -0.2) is 55.7 Å². The highest BCUT2D eigenvalue weighted by Crippen LogP contribution is 2.50. The molecule has 4 nitrogen and oxygen atoms in total. The molecule has 0 unspecified atom stereocenters. The maximum absolute atomic E-state index is 4.46. The van der Waals surface area contributed by atoms with Crippen molar-refractivity contribution in [2.45, 2.75) is 31.2 Å². The second kappa shape index (κ2) is 6.58. The van der Waals surface area contributed by atoms with Crippen LogP contribution in [0.15, 0.2) is 42.6 Å². The van der Waals surface area contributed by atoms with Crippen LogP contribution in [0.25, 0.3) is 0 Å². The Labute approximate surface area is 156 Å². The smallest absolute Gasteiger partial charge is 0.0644 e. The number of likely N-dealkylation sites (tertiary alicyclic amines) is 1. The van der Waals surface area contributed by atoms with Crippen LogP contribution in [-0.2, 0) is 6.42 Å². The lowest BCUT2D eigenvalue weighted by Gasteiger charge is -2.41. The molecular weight excluding hydrogens is 320 g/mol. The molecular formula is C22H28N4. The van der Waals surface area contributed by atoms with Gasteiger partial charge in [0.05, 0.1) is 11.4 Å². The zero-order chi connectivity index (χ0) is 17.5. The van der Waals surface area contributed by atoms with Gasteiger partial charge in [-0.15, -0.1) is 0 Å². The summed E-state index contributed by atoms with van der Waals surface area (Å²) in [6.07, 6.45) is 5.49. The number of aromatic nitrogens is 1. The minimum atomic E-state index is 0.681. The molecule has 4 heteroatoms. The molecule has 1 aromatic heterocycles. The number of pyridine rings is 1. The van der Waals surface area contributed by atoms with E-state index in [-0.39, 0.29) is 0 Å². The Morgan fingerprint density at radius 3 is 2.92 bits per heavy atom. The van der Waals surface area contributed by atoms with Gasteiger partial charge in [-0.2, -0.15) is 0 Å². The molecule has 0 aliphatic carbocycles. The predicted octanol–water partition coefficient (Wildman–Crippen LogP) is 3.14. The van der Waals surface area contributed by atoms with Gasteiger partial charge in [-0.05, 0) is 49.6 Å². The van der Waals surface area contributed by atoms with Crippen molar-refractivity contribution in [3.63, 3.8) is 0 Å². The Bertz CT molecular complexity index is 775. The minimum Gasteiger partial charge on any atom is -0.371 e. The third-order valence-corrected chi connectivity index (χ3v) is 6.51. The Kier molecular flexibility index (Phi) is 4.08. The average Bonchev–Trinajstić information content (AvgIpc) is 3.00. The lowest BCUT2D eigenvalue weighted by atomic mass is 9.89. The van der Waals surface area contributed by atoms with Gasteiger partial charge in [-0.25, -0.2) is 0 Å². The fraction of sp³-hybridized carbons (Fsp3) is 0.500. The minimum absolute atomic E-state index is 0.681. The number of aryl methyl sites for hydroxylation is 1. The molecule has 26 heavy (non-hydrogen) atoms. The largest absolute Gasteiger partial charge is 0.371 e. The van der Waals surface area contributed by atoms with Crippen LogP contribution in [0.1, 0.15) is 30.0 Å². The van der Waals surface area contributed by atoms with Crippen LogP contribution in [0.2, 0.25) is 0 Å². The first-order valence-electron chi connectivity index (χ1n) is 10.0. The molecule has 5 rings (SSSR count). The van der Waals surface area contributed by atoms with Crippen LogP contribution in [0.3, 0.4) is 0 Å². The van der Waals surface area contributed by atoms with E-state index in [4.69, 9.17) is 0 Å². The van der Waals surface area contributed by atoms with Crippen molar-refractivity contribution in [2.24, 2.45) is 0 Å². The third-order valence-electron chi connectivity index (χ3n) is 6.51. The van der Waals surface area contributed by atoms with E-state index in [0.29, 0.717) is 12.0 Å². The summed E-state index contributed by atoms with van der Waals surface area (Å²) in [6, 6.07) is 13.9. The van der Waals surface area contributed by atoms with Crippen molar-refractivity contribution in [1.82, 2.24) is 9.88 Å². The molecule has 3 aliphatic rings. The quantitative estimate of drug-likeness (QED) is 0.846. The SMILES string of the molecule is CN1CCN2c3c(cccc31)[C@@H]1CN(CCCc3ccccn3)CC[C@@H]12. The Morgan fingerprint density at radius 1 is 1.08 bits per heavy atom. The molecule has 136 valence electrons. The maximum Gasteiger partial charge on any atom is 0.0644 e. The van der Waals surface area contributed by atoms with Gasteiger partial charge in [0, 0.05) is 57.1 Å². The van der Waals surface area contributed by atoms with E-state index in [0.717, 1.165) is 13.0 Å². The van der Waals surface area contributed by atoms with E-state index < -0.39 is 0 Å². The summed E-state index contributed by atoms with van der Waals surface area (Å²) in [6.45, 7) is 5.96. The van der Waals surface area contributed by atoms with Crippen molar-refractivity contribution < 1.29 is 0 Å². The van der Waals surface area contributed by atoms with Gasteiger partial charge in [-0.3, -0.25) is 4.98 Å². The first-order valence-corrected chi connectivity index (χ1v) is 10.0. The third kappa shape index (κ3) is 2.67. The van der Waals surface area contributed by atoms with Gasteiger partial charge in [0.25, 0.3) is 0 Å². The molecule has 4 heterocycles. The first-order chi connectivity index (χ1) is 12.8. The maximum atomic E-state index is 4.46. The average molecular weight is 348 g/mol. The van der Waals surface area contributed by atoms with Crippen LogP contribution in [0.4, 0.5) is 11.4 Å².